The van der Waals surface area contributed by atoms with Gasteiger partial charge in [-0.2, -0.15) is 0 Å². The van der Waals surface area contributed by atoms with Gasteiger partial charge >= 0.3 is 0 Å². The quantitative estimate of drug-likeness (QED) is 0.204. The number of nitrogens with one attached hydrogen (secondary N) is 2. The van der Waals surface area contributed by atoms with Gasteiger partial charge in [-0.3, -0.25) is 9.59 Å². The summed E-state index contributed by atoms with van der Waals surface area (Å²) in [7, 11) is 0. The summed E-state index contributed by atoms with van der Waals surface area (Å²) in [4.78, 5) is 46.7. The van der Waals surface area contributed by atoms with E-state index in [0.717, 1.165) is 102 Å². The first-order chi connectivity index (χ1) is 21.7. The molecule has 2 amide bonds. The summed E-state index contributed by atoms with van der Waals surface area (Å²) in [6.07, 6.45) is 8.46. The summed E-state index contributed by atoms with van der Waals surface area (Å²) in [5, 5.41) is 0. The molecule has 2 atom stereocenters. The highest BCUT2D eigenvalue weighted by Gasteiger charge is 2.51. The summed E-state index contributed by atoms with van der Waals surface area (Å²) < 4.78 is 0. The normalized spacial score (nSPS) is 22.8. The van der Waals surface area contributed by atoms with Crippen molar-refractivity contribution in [2.75, 3.05) is 13.1 Å². The fourth-order valence-electron chi connectivity index (χ4n) is 6.84. The zero-order valence-corrected chi connectivity index (χ0v) is 25.9. The summed E-state index contributed by atoms with van der Waals surface area (Å²) >= 11 is 0. The van der Waals surface area contributed by atoms with Crippen molar-refractivity contribution >= 4 is 22.8 Å². The summed E-state index contributed by atoms with van der Waals surface area (Å²) in [5.41, 5.74) is 6.26. The summed E-state index contributed by atoms with van der Waals surface area (Å²) in [6, 6.07) is 14.1. The fraction of sp³-hybridized carbons (Fsp3) is 0.405. The molecule has 8 nitrogen and oxygen atoms in total. The number of hydrogen-bond donors (Lipinski definition) is 2. The molecule has 4 aliphatic rings. The minimum absolute atomic E-state index is 0.0299. The first-order valence-corrected chi connectivity index (χ1v) is 16.2. The number of nitrogens with zero attached hydrogens (tertiary/aromatic N) is 4. The minimum atomic E-state index is -0.218. The molecule has 2 aliphatic carbocycles. The second-order valence-corrected chi connectivity index (χ2v) is 14.0. The first-order valence-electron chi connectivity index (χ1n) is 16.2. The van der Waals surface area contributed by atoms with Gasteiger partial charge < -0.3 is 19.8 Å². The molecule has 2 aromatic heterocycles. The second kappa shape index (κ2) is 10.2. The average molecular weight is 599 g/mol. The van der Waals surface area contributed by atoms with Crippen molar-refractivity contribution in [3.63, 3.8) is 0 Å². The van der Waals surface area contributed by atoms with Crippen LogP contribution < -0.4 is 0 Å². The van der Waals surface area contributed by atoms with Crippen LogP contribution in [-0.4, -0.2) is 54.6 Å². The van der Waals surface area contributed by atoms with Crippen LogP contribution in [0.5, 0.6) is 0 Å². The lowest BCUT2D eigenvalue weighted by Gasteiger charge is -2.26. The van der Waals surface area contributed by atoms with Crippen molar-refractivity contribution in [2.45, 2.75) is 70.9 Å². The average Bonchev–Trinajstić information content (AvgIpc) is 3.62. The lowest BCUT2D eigenvalue weighted by atomic mass is 10.1. The van der Waals surface area contributed by atoms with E-state index in [4.69, 9.17) is 4.98 Å². The van der Waals surface area contributed by atoms with Gasteiger partial charge in [0.2, 0.25) is 11.8 Å². The van der Waals surface area contributed by atoms with Crippen molar-refractivity contribution in [1.82, 2.24) is 29.7 Å². The Hall–Kier alpha value is -4.64. The molecule has 2 saturated carbocycles. The number of carbonyl (C=O) groups is 2. The number of benzene rings is 2. The topological polar surface area (TPSA) is 98.0 Å². The number of imidazole rings is 2. The Bertz CT molecular complexity index is 1910. The van der Waals surface area contributed by atoms with E-state index in [1.54, 1.807) is 0 Å². The van der Waals surface area contributed by atoms with Crippen molar-refractivity contribution in [1.29, 1.82) is 0 Å². The smallest absolute Gasteiger partial charge is 0.229 e. The molecule has 8 rings (SSSR count). The molecule has 2 aromatic carbocycles. The largest absolute Gasteiger partial charge is 0.340 e. The van der Waals surface area contributed by atoms with E-state index in [1.165, 1.54) is 0 Å². The van der Waals surface area contributed by atoms with Crippen LogP contribution in [-0.2, 0) is 9.59 Å². The standard InChI is InChI=1S/C37H38N6O2/c1-23-19-31(43(22-23)35(45)37(3)16-17-37)33-39-27-13-10-25(20-28(27)40-33)7-6-24-8-11-26(12-9-24)29-21-38-32(41-29)30-5-4-18-42(30)34(44)36(2)14-15-36/h8-13,20-21,30-31H,1,4-5,14-19,22H2,2-3H3,(H,38,41)(H,39,40)/t30-,31-/m0/s1. The molecule has 0 radical (unpaired) electrons. The molecule has 4 aromatic rings. The number of hydrogen-bond acceptors (Lipinski definition) is 4. The van der Waals surface area contributed by atoms with Gasteiger partial charge in [-0.1, -0.05) is 50.0 Å². The zero-order chi connectivity index (χ0) is 30.9. The Morgan fingerprint density at radius 2 is 1.58 bits per heavy atom. The molecule has 228 valence electrons. The van der Waals surface area contributed by atoms with Crippen LogP contribution >= 0.6 is 0 Å². The lowest BCUT2D eigenvalue weighted by molar-refractivity contribution is -0.138. The Morgan fingerprint density at radius 1 is 0.889 bits per heavy atom. The molecule has 0 spiro atoms. The lowest BCUT2D eigenvalue weighted by Crippen LogP contribution is -2.36. The van der Waals surface area contributed by atoms with Gasteiger partial charge in [-0.25, -0.2) is 9.97 Å². The molecule has 2 saturated heterocycles. The first kappa shape index (κ1) is 27.9. The number of amides is 2. The van der Waals surface area contributed by atoms with Gasteiger partial charge in [0.1, 0.15) is 11.6 Å². The third-order valence-corrected chi connectivity index (χ3v) is 10.3. The van der Waals surface area contributed by atoms with E-state index in [1.807, 2.05) is 46.3 Å². The van der Waals surface area contributed by atoms with Gasteiger partial charge in [0, 0.05) is 35.0 Å². The number of aromatic amines is 2. The van der Waals surface area contributed by atoms with Crippen molar-refractivity contribution < 1.29 is 9.59 Å². The molecule has 4 fully saturated rings. The van der Waals surface area contributed by atoms with Crippen LogP contribution in [0, 0.1) is 22.7 Å². The Balaban J connectivity index is 0.963. The maximum absolute atomic E-state index is 13.2. The molecule has 2 aliphatic heterocycles. The molecule has 8 heteroatoms. The number of aromatic nitrogens is 4. The highest BCUT2D eigenvalue weighted by Crippen LogP contribution is 2.50. The van der Waals surface area contributed by atoms with Crippen LogP contribution in [0.3, 0.4) is 0 Å². The monoisotopic (exact) mass is 598 g/mol. The van der Waals surface area contributed by atoms with E-state index < -0.39 is 0 Å². The molecule has 0 bridgehead atoms. The van der Waals surface area contributed by atoms with E-state index in [0.29, 0.717) is 6.54 Å². The maximum Gasteiger partial charge on any atom is 0.229 e. The van der Waals surface area contributed by atoms with E-state index in [2.05, 4.69) is 59.4 Å². The number of carbonyl (C=O) groups excluding carboxylic acids is 2. The predicted octanol–water partition coefficient (Wildman–Crippen LogP) is 6.45. The third-order valence-electron chi connectivity index (χ3n) is 10.3. The van der Waals surface area contributed by atoms with Gasteiger partial charge in [0.25, 0.3) is 0 Å². The number of H-pyrrole nitrogens is 2. The summed E-state index contributed by atoms with van der Waals surface area (Å²) in [6.45, 7) is 9.73. The Morgan fingerprint density at radius 3 is 2.31 bits per heavy atom. The van der Waals surface area contributed by atoms with E-state index >= 15 is 0 Å². The number of rotatable bonds is 5. The van der Waals surface area contributed by atoms with Crippen LogP contribution in [0.4, 0.5) is 0 Å². The molecule has 45 heavy (non-hydrogen) atoms. The van der Waals surface area contributed by atoms with Crippen LogP contribution in [0.2, 0.25) is 0 Å². The molecule has 2 N–H and O–H groups in total. The van der Waals surface area contributed by atoms with E-state index in [-0.39, 0.29) is 34.7 Å². The predicted molar refractivity (Wildman–Crippen MR) is 173 cm³/mol. The molecule has 4 heterocycles. The van der Waals surface area contributed by atoms with Crippen molar-refractivity contribution in [2.24, 2.45) is 10.8 Å². The molecule has 0 unspecified atom stereocenters. The van der Waals surface area contributed by atoms with Gasteiger partial charge in [-0.05, 0) is 80.8 Å². The maximum atomic E-state index is 13.2. The highest BCUT2D eigenvalue weighted by molar-refractivity contribution is 5.86. The van der Waals surface area contributed by atoms with Crippen molar-refractivity contribution in [3.05, 3.63) is 83.6 Å². The van der Waals surface area contributed by atoms with Crippen molar-refractivity contribution in [3.8, 4) is 23.1 Å². The van der Waals surface area contributed by atoms with Crippen LogP contribution in [0.25, 0.3) is 22.3 Å². The fourth-order valence-corrected chi connectivity index (χ4v) is 6.84. The van der Waals surface area contributed by atoms with Gasteiger partial charge in [-0.15, -0.1) is 0 Å². The molecular weight excluding hydrogens is 560 g/mol. The summed E-state index contributed by atoms with van der Waals surface area (Å²) in [5.74, 6) is 8.76. The van der Waals surface area contributed by atoms with Crippen LogP contribution in [0.15, 0.2) is 60.8 Å². The second-order valence-electron chi connectivity index (χ2n) is 14.0. The molecular formula is C37H38N6O2. The van der Waals surface area contributed by atoms with Gasteiger partial charge in [0.15, 0.2) is 0 Å². The minimum Gasteiger partial charge on any atom is -0.340 e. The third kappa shape index (κ3) is 5.04. The van der Waals surface area contributed by atoms with Gasteiger partial charge in [0.05, 0.1) is 35.0 Å². The number of likely N-dealkylation sites (tertiary alicyclic amines) is 2. The Labute approximate surface area is 263 Å². The SMILES string of the molecule is C=C1C[C@@H](c2nc3ccc(C#Cc4ccc(-c5cnc([C@@H]6CCCN6C(=O)C6(C)CC6)[nH]5)cc4)cc3[nH]2)N(C(=O)C2(C)CC2)C1. The Kier molecular flexibility index (Phi) is 6.32. The highest BCUT2D eigenvalue weighted by atomic mass is 16.2. The zero-order valence-electron chi connectivity index (χ0n) is 25.9. The van der Waals surface area contributed by atoms with E-state index in [9.17, 15) is 9.59 Å². The number of fused-ring (bicyclic) bond motifs is 1. The van der Waals surface area contributed by atoms with Crippen LogP contribution in [0.1, 0.15) is 93.7 Å².